The maximum absolute atomic E-state index is 5.20. The van der Waals surface area contributed by atoms with E-state index in [9.17, 15) is 0 Å². The highest BCUT2D eigenvalue weighted by Gasteiger charge is 2.08. The highest BCUT2D eigenvalue weighted by atomic mass is 16.5. The first kappa shape index (κ1) is 15.2. The summed E-state index contributed by atoms with van der Waals surface area (Å²) in [7, 11) is 1.99. The lowest BCUT2D eigenvalue weighted by Gasteiger charge is -2.15. The van der Waals surface area contributed by atoms with Crippen LogP contribution in [0.3, 0.4) is 0 Å². The third kappa shape index (κ3) is 4.40. The van der Waals surface area contributed by atoms with Crippen LogP contribution in [0.25, 0.3) is 0 Å². The van der Waals surface area contributed by atoms with Crippen molar-refractivity contribution < 1.29 is 4.52 Å². The molecular formula is C14H22N6O. The molecule has 0 amide bonds. The minimum atomic E-state index is 0.480. The summed E-state index contributed by atoms with van der Waals surface area (Å²) in [5.74, 6) is 3.44. The van der Waals surface area contributed by atoms with Crippen molar-refractivity contribution in [1.82, 2.24) is 20.1 Å². The molecule has 0 radical (unpaired) electrons. The van der Waals surface area contributed by atoms with Gasteiger partial charge in [-0.1, -0.05) is 19.0 Å². The van der Waals surface area contributed by atoms with E-state index in [1.807, 2.05) is 18.0 Å². The van der Waals surface area contributed by atoms with Gasteiger partial charge in [-0.05, 0) is 12.8 Å². The van der Waals surface area contributed by atoms with Gasteiger partial charge in [-0.15, -0.1) is 0 Å². The van der Waals surface area contributed by atoms with Crippen molar-refractivity contribution in [2.45, 2.75) is 33.7 Å². The zero-order valence-electron chi connectivity index (χ0n) is 13.0. The van der Waals surface area contributed by atoms with Gasteiger partial charge in [0.25, 0.3) is 0 Å². The van der Waals surface area contributed by atoms with Gasteiger partial charge < -0.3 is 14.7 Å². The first-order chi connectivity index (χ1) is 10.1. The SMILES string of the molecule is CCN(C)c1cc(NCc2noc(CC(C)C)n2)ncn1. The van der Waals surface area contributed by atoms with Crippen LogP contribution in [0, 0.1) is 5.92 Å². The van der Waals surface area contributed by atoms with Crippen LogP contribution in [0.1, 0.15) is 32.5 Å². The van der Waals surface area contributed by atoms with Crippen LogP contribution in [0.4, 0.5) is 11.6 Å². The Balaban J connectivity index is 1.95. The predicted octanol–water partition coefficient (Wildman–Crippen LogP) is 2.13. The Morgan fingerprint density at radius 3 is 2.86 bits per heavy atom. The smallest absolute Gasteiger partial charge is 0.226 e. The van der Waals surface area contributed by atoms with Crippen LogP contribution >= 0.6 is 0 Å². The minimum absolute atomic E-state index is 0.480. The van der Waals surface area contributed by atoms with Crippen molar-refractivity contribution in [2.24, 2.45) is 5.92 Å². The van der Waals surface area contributed by atoms with E-state index in [1.165, 1.54) is 0 Å². The zero-order chi connectivity index (χ0) is 15.2. The average molecular weight is 290 g/mol. The van der Waals surface area contributed by atoms with Gasteiger partial charge >= 0.3 is 0 Å². The van der Waals surface area contributed by atoms with E-state index < -0.39 is 0 Å². The normalized spacial score (nSPS) is 10.9. The fraction of sp³-hybridized carbons (Fsp3) is 0.571. The Hall–Kier alpha value is -2.18. The molecule has 114 valence electrons. The van der Waals surface area contributed by atoms with E-state index in [1.54, 1.807) is 6.33 Å². The quantitative estimate of drug-likeness (QED) is 0.836. The summed E-state index contributed by atoms with van der Waals surface area (Å²) in [5, 5.41) is 7.14. The van der Waals surface area contributed by atoms with Gasteiger partial charge in [0.1, 0.15) is 18.0 Å². The Bertz CT molecular complexity index is 568. The number of aromatic nitrogens is 4. The predicted molar refractivity (Wildman–Crippen MR) is 81.1 cm³/mol. The van der Waals surface area contributed by atoms with Crippen LogP contribution in [-0.2, 0) is 13.0 Å². The molecule has 0 aliphatic heterocycles. The molecule has 21 heavy (non-hydrogen) atoms. The largest absolute Gasteiger partial charge is 0.362 e. The Kier molecular flexibility index (Phi) is 5.08. The van der Waals surface area contributed by atoms with Crippen LogP contribution in [0.2, 0.25) is 0 Å². The molecule has 0 saturated heterocycles. The Morgan fingerprint density at radius 2 is 2.14 bits per heavy atom. The van der Waals surface area contributed by atoms with E-state index >= 15 is 0 Å². The molecular weight excluding hydrogens is 268 g/mol. The number of anilines is 2. The molecule has 1 N–H and O–H groups in total. The molecule has 0 spiro atoms. The number of rotatable bonds is 7. The van der Waals surface area contributed by atoms with Gasteiger partial charge in [0.2, 0.25) is 5.89 Å². The Morgan fingerprint density at radius 1 is 1.33 bits per heavy atom. The molecule has 0 aliphatic carbocycles. The van der Waals surface area contributed by atoms with Crippen LogP contribution in [0.15, 0.2) is 16.9 Å². The average Bonchev–Trinajstić information content (AvgIpc) is 2.91. The second-order valence-electron chi connectivity index (χ2n) is 5.33. The summed E-state index contributed by atoms with van der Waals surface area (Å²) >= 11 is 0. The minimum Gasteiger partial charge on any atom is -0.362 e. The van der Waals surface area contributed by atoms with E-state index in [4.69, 9.17) is 4.52 Å². The maximum Gasteiger partial charge on any atom is 0.226 e. The lowest BCUT2D eigenvalue weighted by Crippen LogP contribution is -2.17. The zero-order valence-corrected chi connectivity index (χ0v) is 13.0. The summed E-state index contributed by atoms with van der Waals surface area (Å²) in [6.07, 6.45) is 2.34. The summed E-state index contributed by atoms with van der Waals surface area (Å²) in [6.45, 7) is 7.68. The summed E-state index contributed by atoms with van der Waals surface area (Å²) in [4.78, 5) is 14.8. The second kappa shape index (κ2) is 7.01. The number of hydrogen-bond donors (Lipinski definition) is 1. The van der Waals surface area contributed by atoms with Gasteiger partial charge in [-0.3, -0.25) is 0 Å². The molecule has 7 nitrogen and oxygen atoms in total. The standard InChI is InChI=1S/C14H22N6O/c1-5-20(4)13-7-11(16-9-17-13)15-8-12-18-14(21-19-12)6-10(2)3/h7,9-10H,5-6,8H2,1-4H3,(H,15,16,17). The number of nitrogens with one attached hydrogen (secondary N) is 1. The third-order valence-corrected chi connectivity index (χ3v) is 3.04. The molecule has 0 aliphatic rings. The van der Waals surface area contributed by atoms with Crippen molar-refractivity contribution in [1.29, 1.82) is 0 Å². The molecule has 0 bridgehead atoms. The number of hydrogen-bond acceptors (Lipinski definition) is 7. The lowest BCUT2D eigenvalue weighted by molar-refractivity contribution is 0.359. The summed E-state index contributed by atoms with van der Waals surface area (Å²) in [6, 6.07) is 1.90. The second-order valence-corrected chi connectivity index (χ2v) is 5.33. The third-order valence-electron chi connectivity index (χ3n) is 3.04. The van der Waals surface area contributed by atoms with E-state index in [0.29, 0.717) is 24.2 Å². The van der Waals surface area contributed by atoms with Crippen LogP contribution < -0.4 is 10.2 Å². The Labute approximate surface area is 124 Å². The van der Waals surface area contributed by atoms with Crippen molar-refractivity contribution in [3.63, 3.8) is 0 Å². The first-order valence-electron chi connectivity index (χ1n) is 7.17. The van der Waals surface area contributed by atoms with E-state index in [0.717, 1.165) is 24.6 Å². The molecule has 0 unspecified atom stereocenters. The van der Waals surface area contributed by atoms with Crippen molar-refractivity contribution in [3.05, 3.63) is 24.1 Å². The van der Waals surface area contributed by atoms with Crippen molar-refractivity contribution in [2.75, 3.05) is 23.8 Å². The first-order valence-corrected chi connectivity index (χ1v) is 7.17. The molecule has 2 aromatic heterocycles. The summed E-state index contributed by atoms with van der Waals surface area (Å²) in [5.41, 5.74) is 0. The van der Waals surface area contributed by atoms with Crippen LogP contribution in [0.5, 0.6) is 0 Å². The molecule has 0 fully saturated rings. The fourth-order valence-electron chi connectivity index (χ4n) is 1.78. The topological polar surface area (TPSA) is 80.0 Å². The highest BCUT2D eigenvalue weighted by Crippen LogP contribution is 2.13. The molecule has 2 heterocycles. The van der Waals surface area contributed by atoms with Gasteiger partial charge in [0, 0.05) is 26.1 Å². The number of nitrogens with zero attached hydrogens (tertiary/aromatic N) is 5. The molecule has 2 rings (SSSR count). The highest BCUT2D eigenvalue weighted by molar-refractivity contribution is 5.47. The molecule has 7 heteroatoms. The van der Waals surface area contributed by atoms with Crippen molar-refractivity contribution >= 4 is 11.6 Å². The fourth-order valence-corrected chi connectivity index (χ4v) is 1.78. The van der Waals surface area contributed by atoms with Crippen LogP contribution in [-0.4, -0.2) is 33.7 Å². The van der Waals surface area contributed by atoms with E-state index in [-0.39, 0.29) is 0 Å². The maximum atomic E-state index is 5.20. The van der Waals surface area contributed by atoms with E-state index in [2.05, 4.69) is 46.2 Å². The van der Waals surface area contributed by atoms with Gasteiger partial charge in [-0.25, -0.2) is 9.97 Å². The lowest BCUT2D eigenvalue weighted by atomic mass is 10.1. The molecule has 0 atom stereocenters. The van der Waals surface area contributed by atoms with Crippen molar-refractivity contribution in [3.8, 4) is 0 Å². The molecule has 0 aromatic carbocycles. The molecule has 2 aromatic rings. The van der Waals surface area contributed by atoms with Gasteiger partial charge in [-0.2, -0.15) is 4.98 Å². The monoisotopic (exact) mass is 290 g/mol. The molecule has 0 saturated carbocycles. The van der Waals surface area contributed by atoms with Gasteiger partial charge in [0.15, 0.2) is 5.82 Å². The van der Waals surface area contributed by atoms with Gasteiger partial charge in [0.05, 0.1) is 6.54 Å². The summed E-state index contributed by atoms with van der Waals surface area (Å²) < 4.78 is 5.20.